The Morgan fingerprint density at radius 3 is 2.63 bits per heavy atom. The van der Waals surface area contributed by atoms with Crippen LogP contribution in [0.1, 0.15) is 17.4 Å². The summed E-state index contributed by atoms with van der Waals surface area (Å²) >= 11 is 6.68. The lowest BCUT2D eigenvalue weighted by atomic mass is 10.0. The van der Waals surface area contributed by atoms with Gasteiger partial charge in [-0.2, -0.15) is 0 Å². The summed E-state index contributed by atoms with van der Waals surface area (Å²) in [4.78, 5) is 15.5. The molecule has 1 aliphatic rings. The molecule has 0 saturated heterocycles. The molecule has 1 aliphatic heterocycles. The average molecular weight is 395 g/mol. The number of rotatable bonds is 3. The van der Waals surface area contributed by atoms with Crippen molar-refractivity contribution in [3.05, 3.63) is 73.0 Å². The molecule has 3 aromatic rings. The number of para-hydroxylation sites is 1. The van der Waals surface area contributed by atoms with Crippen molar-refractivity contribution in [3.63, 3.8) is 0 Å². The minimum Gasteiger partial charge on any atom is -0.493 e. The van der Waals surface area contributed by atoms with Gasteiger partial charge in [-0.15, -0.1) is 11.3 Å². The second-order valence-corrected chi connectivity index (χ2v) is 7.61. The molecule has 0 unspecified atom stereocenters. The summed E-state index contributed by atoms with van der Waals surface area (Å²) in [7, 11) is 0. The maximum atomic E-state index is 10.8. The molecule has 6 nitrogen and oxygen atoms in total. The van der Waals surface area contributed by atoms with Crippen LogP contribution < -0.4 is 0 Å². The molecule has 0 amide bonds. The van der Waals surface area contributed by atoms with Crippen molar-refractivity contribution >= 4 is 52.3 Å². The van der Waals surface area contributed by atoms with Crippen molar-refractivity contribution in [2.24, 2.45) is 4.99 Å². The van der Waals surface area contributed by atoms with E-state index in [0.29, 0.717) is 14.5 Å². The topological polar surface area (TPSA) is 80.7 Å². The highest BCUT2D eigenvalue weighted by Gasteiger charge is 2.20. The molecule has 2 heterocycles. The molecule has 27 heavy (non-hydrogen) atoms. The number of nitrogens with zero attached hydrogens (tertiary/aromatic N) is 3. The largest absolute Gasteiger partial charge is 0.493 e. The summed E-state index contributed by atoms with van der Waals surface area (Å²) in [6, 6.07) is 13.7. The van der Waals surface area contributed by atoms with Crippen molar-refractivity contribution in [1.29, 1.82) is 0 Å². The molecule has 0 bridgehead atoms. The maximum Gasteiger partial charge on any atom is 0.269 e. The summed E-state index contributed by atoms with van der Waals surface area (Å²) in [6.07, 6.45) is 1.88. The molecule has 4 rings (SSSR count). The number of hydrogen-bond acceptors (Lipinski definition) is 6. The van der Waals surface area contributed by atoms with Crippen LogP contribution in [0.5, 0.6) is 5.88 Å². The molecule has 8 heteroatoms. The smallest absolute Gasteiger partial charge is 0.269 e. The predicted molar refractivity (Wildman–Crippen MR) is 110 cm³/mol. The summed E-state index contributed by atoms with van der Waals surface area (Å²) < 4.78 is 1.96. The van der Waals surface area contributed by atoms with Gasteiger partial charge in [0.15, 0.2) is 3.95 Å². The van der Waals surface area contributed by atoms with Crippen molar-refractivity contribution in [2.45, 2.75) is 6.92 Å². The van der Waals surface area contributed by atoms with Crippen LogP contribution in [-0.4, -0.2) is 20.3 Å². The Bertz CT molecular complexity index is 1190. The molecule has 2 aromatic carbocycles. The quantitative estimate of drug-likeness (QED) is 0.359. The van der Waals surface area contributed by atoms with Crippen molar-refractivity contribution in [3.8, 4) is 11.6 Å². The van der Waals surface area contributed by atoms with Crippen molar-refractivity contribution in [2.75, 3.05) is 0 Å². The number of fused-ring (bicyclic) bond motifs is 1. The van der Waals surface area contributed by atoms with Gasteiger partial charge in [0.1, 0.15) is 0 Å². The number of non-ortho nitro benzene ring substituents is 1. The van der Waals surface area contributed by atoms with Crippen LogP contribution in [0.25, 0.3) is 17.3 Å². The van der Waals surface area contributed by atoms with Crippen molar-refractivity contribution < 1.29 is 10.0 Å². The van der Waals surface area contributed by atoms with E-state index in [-0.39, 0.29) is 11.6 Å². The second kappa shape index (κ2) is 6.57. The third-order valence-corrected chi connectivity index (χ3v) is 5.59. The highest BCUT2D eigenvalue weighted by Crippen LogP contribution is 2.39. The molecule has 1 N–H and O–H groups in total. The molecular weight excluding hydrogens is 382 g/mol. The van der Waals surface area contributed by atoms with Gasteiger partial charge in [-0.05, 0) is 43.4 Å². The van der Waals surface area contributed by atoms with Crippen LogP contribution in [0.2, 0.25) is 0 Å². The van der Waals surface area contributed by atoms with Gasteiger partial charge in [0.05, 0.1) is 21.2 Å². The first kappa shape index (κ1) is 17.3. The third-order valence-electron chi connectivity index (χ3n) is 4.28. The predicted octanol–water partition coefficient (Wildman–Crippen LogP) is 5.53. The second-order valence-electron chi connectivity index (χ2n) is 5.94. The van der Waals surface area contributed by atoms with E-state index in [1.807, 2.05) is 37.3 Å². The zero-order valence-corrected chi connectivity index (χ0v) is 15.8. The summed E-state index contributed by atoms with van der Waals surface area (Å²) in [6.45, 7) is 1.93. The highest BCUT2D eigenvalue weighted by atomic mass is 32.1. The van der Waals surface area contributed by atoms with Gasteiger partial charge in [-0.1, -0.05) is 18.2 Å². The van der Waals surface area contributed by atoms with Gasteiger partial charge in [0.25, 0.3) is 5.69 Å². The molecule has 0 aliphatic carbocycles. The van der Waals surface area contributed by atoms with Gasteiger partial charge in [-0.25, -0.2) is 0 Å². The van der Waals surface area contributed by atoms with Crippen LogP contribution in [0.15, 0.2) is 53.5 Å². The average Bonchev–Trinajstić information content (AvgIpc) is 3.11. The SMILES string of the molecule is CC1=Nc2ccccc2C1=Cc1sc(=S)n(-c2ccc([N+](=O)[O-])cc2)c1O. The summed E-state index contributed by atoms with van der Waals surface area (Å²) in [5, 5.41) is 21.5. The number of aromatic hydroxyl groups is 1. The van der Waals surface area contributed by atoms with E-state index in [1.54, 1.807) is 12.1 Å². The van der Waals surface area contributed by atoms with Gasteiger partial charge < -0.3 is 5.11 Å². The Morgan fingerprint density at radius 2 is 1.93 bits per heavy atom. The number of nitro groups is 1. The number of hydrogen-bond donors (Lipinski definition) is 1. The molecule has 0 saturated carbocycles. The van der Waals surface area contributed by atoms with E-state index in [1.165, 1.54) is 28.0 Å². The fourth-order valence-corrected chi connectivity index (χ4v) is 4.27. The van der Waals surface area contributed by atoms with Crippen LogP contribution in [0.4, 0.5) is 11.4 Å². The van der Waals surface area contributed by atoms with Crippen LogP contribution >= 0.6 is 23.6 Å². The molecule has 0 radical (unpaired) electrons. The minimum atomic E-state index is -0.466. The Morgan fingerprint density at radius 1 is 1.22 bits per heavy atom. The number of nitro benzene ring substituents is 1. The number of aromatic nitrogens is 1. The Labute approximate surface area is 163 Å². The minimum absolute atomic E-state index is 0.00327. The lowest BCUT2D eigenvalue weighted by Gasteiger charge is -2.05. The normalized spacial score (nSPS) is 14.3. The molecule has 134 valence electrons. The molecule has 0 spiro atoms. The number of benzene rings is 2. The van der Waals surface area contributed by atoms with Gasteiger partial charge in [0, 0.05) is 29.0 Å². The van der Waals surface area contributed by atoms with E-state index in [2.05, 4.69) is 4.99 Å². The highest BCUT2D eigenvalue weighted by molar-refractivity contribution is 7.73. The van der Waals surface area contributed by atoms with Gasteiger partial charge >= 0.3 is 0 Å². The van der Waals surface area contributed by atoms with E-state index in [4.69, 9.17) is 12.2 Å². The summed E-state index contributed by atoms with van der Waals surface area (Å²) in [5.74, 6) is 0.00327. The lowest BCUT2D eigenvalue weighted by Crippen LogP contribution is -1.94. The monoisotopic (exact) mass is 395 g/mol. The Kier molecular flexibility index (Phi) is 4.21. The Hall–Kier alpha value is -3.10. The maximum absolute atomic E-state index is 10.8. The van der Waals surface area contributed by atoms with Gasteiger partial charge in [0.2, 0.25) is 5.88 Å². The number of allylic oxidation sites excluding steroid dienone is 1. The molecule has 0 atom stereocenters. The van der Waals surface area contributed by atoms with Crippen molar-refractivity contribution in [1.82, 2.24) is 4.57 Å². The first-order chi connectivity index (χ1) is 13.0. The summed E-state index contributed by atoms with van der Waals surface area (Å²) in [5.41, 5.74) is 4.28. The van der Waals surface area contributed by atoms with Crippen LogP contribution in [-0.2, 0) is 0 Å². The van der Waals surface area contributed by atoms with E-state index >= 15 is 0 Å². The zero-order valence-electron chi connectivity index (χ0n) is 14.1. The standard InChI is InChI=1S/C19H13N3O3S2/c1-11-15(14-4-2-3-5-16(14)20-11)10-17-18(23)21(19(26)27-17)12-6-8-13(9-7-12)22(24)25/h2-10,23H,1H3. The number of aliphatic imine (C=N–C) groups is 1. The third kappa shape index (κ3) is 2.98. The molecule has 1 aromatic heterocycles. The van der Waals surface area contributed by atoms with Crippen LogP contribution in [0, 0.1) is 14.1 Å². The number of thiazole rings is 1. The Balaban J connectivity index is 1.79. The first-order valence-corrected chi connectivity index (χ1v) is 9.24. The lowest BCUT2D eigenvalue weighted by molar-refractivity contribution is -0.384. The molecular formula is C19H13N3O3S2. The first-order valence-electron chi connectivity index (χ1n) is 8.02. The van der Waals surface area contributed by atoms with E-state index in [0.717, 1.165) is 22.5 Å². The molecule has 0 fully saturated rings. The van der Waals surface area contributed by atoms with E-state index in [9.17, 15) is 15.2 Å². The zero-order chi connectivity index (χ0) is 19.1. The van der Waals surface area contributed by atoms with Crippen LogP contribution in [0.3, 0.4) is 0 Å². The van der Waals surface area contributed by atoms with Gasteiger partial charge in [-0.3, -0.25) is 19.7 Å². The van der Waals surface area contributed by atoms with E-state index < -0.39 is 4.92 Å². The fraction of sp³-hybridized carbons (Fsp3) is 0.0526. The fourth-order valence-electron chi connectivity index (χ4n) is 2.98.